The van der Waals surface area contributed by atoms with Crippen molar-refractivity contribution in [3.05, 3.63) is 34.9 Å². The number of ketones is 1. The van der Waals surface area contributed by atoms with E-state index in [9.17, 15) is 4.79 Å². The van der Waals surface area contributed by atoms with Gasteiger partial charge in [0.05, 0.1) is 16.5 Å². The van der Waals surface area contributed by atoms with Crippen LogP contribution in [0.4, 0.5) is 0 Å². The zero-order valence-corrected chi connectivity index (χ0v) is 9.63. The normalized spacial score (nSPS) is 11.9. The molecule has 1 aromatic rings. The lowest BCUT2D eigenvalue weighted by Crippen LogP contribution is -2.03. The van der Waals surface area contributed by atoms with E-state index in [1.165, 1.54) is 6.92 Å². The van der Waals surface area contributed by atoms with E-state index >= 15 is 0 Å². The van der Waals surface area contributed by atoms with Gasteiger partial charge in [-0.05, 0) is 37.1 Å². The van der Waals surface area contributed by atoms with E-state index in [1.807, 2.05) is 13.0 Å². The molecule has 1 aromatic carbocycles. The fourth-order valence-electron chi connectivity index (χ4n) is 1.25. The van der Waals surface area contributed by atoms with Crippen LogP contribution in [0, 0.1) is 18.3 Å². The van der Waals surface area contributed by atoms with Crippen LogP contribution in [0.1, 0.15) is 28.4 Å². The van der Waals surface area contributed by atoms with Crippen molar-refractivity contribution >= 4 is 21.7 Å². The van der Waals surface area contributed by atoms with E-state index in [4.69, 9.17) is 5.26 Å². The highest BCUT2D eigenvalue weighted by molar-refractivity contribution is 9.09. The van der Waals surface area contributed by atoms with Gasteiger partial charge in [-0.25, -0.2) is 0 Å². The number of benzene rings is 1. The monoisotopic (exact) mass is 251 g/mol. The minimum absolute atomic E-state index is 0.0674. The lowest BCUT2D eigenvalue weighted by Gasteiger charge is -2.09. The van der Waals surface area contributed by atoms with Gasteiger partial charge in [0.1, 0.15) is 5.78 Å². The second kappa shape index (κ2) is 4.39. The minimum atomic E-state index is -0.268. The van der Waals surface area contributed by atoms with Gasteiger partial charge >= 0.3 is 0 Å². The lowest BCUT2D eigenvalue weighted by molar-refractivity contribution is -0.116. The highest BCUT2D eigenvalue weighted by atomic mass is 79.9. The summed E-state index contributed by atoms with van der Waals surface area (Å²) in [6, 6.07) is 7.38. The summed E-state index contributed by atoms with van der Waals surface area (Å²) in [5, 5.41) is 8.67. The fourth-order valence-corrected chi connectivity index (χ4v) is 1.76. The molecule has 72 valence electrons. The first-order valence-electron chi connectivity index (χ1n) is 4.21. The number of halogens is 1. The second-order valence-corrected chi connectivity index (χ2v) is 4.07. The number of nitrogens with zero attached hydrogens (tertiary/aromatic N) is 1. The Kier molecular flexibility index (Phi) is 3.43. The number of aryl methyl sites for hydroxylation is 1. The average molecular weight is 252 g/mol. The number of rotatable bonds is 2. The summed E-state index contributed by atoms with van der Waals surface area (Å²) in [5.41, 5.74) is 2.51. The van der Waals surface area contributed by atoms with Crippen molar-refractivity contribution in [3.63, 3.8) is 0 Å². The summed E-state index contributed by atoms with van der Waals surface area (Å²) >= 11 is 3.32. The van der Waals surface area contributed by atoms with Crippen molar-refractivity contribution in [3.8, 4) is 6.07 Å². The summed E-state index contributed by atoms with van der Waals surface area (Å²) in [7, 11) is 0. The number of Topliss-reactive ketones (excluding diaryl/α,β-unsaturated/α-hetero) is 1. The van der Waals surface area contributed by atoms with Crippen molar-refractivity contribution in [2.24, 2.45) is 0 Å². The highest BCUT2D eigenvalue weighted by Crippen LogP contribution is 2.26. The Morgan fingerprint density at radius 1 is 1.57 bits per heavy atom. The topological polar surface area (TPSA) is 40.9 Å². The van der Waals surface area contributed by atoms with E-state index in [-0.39, 0.29) is 10.6 Å². The van der Waals surface area contributed by atoms with Crippen LogP contribution in [0.2, 0.25) is 0 Å². The molecule has 0 aliphatic heterocycles. The van der Waals surface area contributed by atoms with Gasteiger partial charge in [0.2, 0.25) is 0 Å². The summed E-state index contributed by atoms with van der Waals surface area (Å²) in [4.78, 5) is 10.9. The number of carbonyl (C=O) groups is 1. The molecular weight excluding hydrogens is 242 g/mol. The summed E-state index contributed by atoms with van der Waals surface area (Å²) in [6.45, 7) is 3.43. The van der Waals surface area contributed by atoms with Gasteiger partial charge in [0.25, 0.3) is 0 Å². The number of nitriles is 1. The Labute approximate surface area is 91.7 Å². The van der Waals surface area contributed by atoms with Crippen LogP contribution in [0.5, 0.6) is 0 Å². The molecule has 0 aliphatic rings. The molecule has 0 saturated heterocycles. The maximum Gasteiger partial charge on any atom is 0.147 e. The molecule has 14 heavy (non-hydrogen) atoms. The molecule has 1 unspecified atom stereocenters. The van der Waals surface area contributed by atoms with Crippen LogP contribution >= 0.6 is 15.9 Å². The maximum absolute atomic E-state index is 11.1. The maximum atomic E-state index is 11.1. The molecule has 3 heteroatoms. The van der Waals surface area contributed by atoms with Crippen molar-refractivity contribution in [1.82, 2.24) is 0 Å². The largest absolute Gasteiger partial charge is 0.298 e. The molecule has 2 nitrogen and oxygen atoms in total. The molecule has 0 amide bonds. The molecule has 1 atom stereocenters. The summed E-state index contributed by atoms with van der Waals surface area (Å²) < 4.78 is 0. The summed E-state index contributed by atoms with van der Waals surface area (Å²) in [6.07, 6.45) is 0. The van der Waals surface area contributed by atoms with E-state index in [2.05, 4.69) is 22.0 Å². The highest BCUT2D eigenvalue weighted by Gasteiger charge is 2.14. The fraction of sp³-hybridized carbons (Fsp3) is 0.273. The lowest BCUT2D eigenvalue weighted by atomic mass is 10.0. The Hall–Kier alpha value is -1.14. The Morgan fingerprint density at radius 2 is 2.21 bits per heavy atom. The number of carbonyl (C=O) groups excluding carboxylic acids is 1. The SMILES string of the molecule is CC(=O)C(Br)c1ccc(C#N)cc1C. The first kappa shape index (κ1) is 10.9. The third-order valence-electron chi connectivity index (χ3n) is 2.03. The van der Waals surface area contributed by atoms with Gasteiger partial charge in [0, 0.05) is 0 Å². The molecular formula is C11H10BrNO. The van der Waals surface area contributed by atoms with Crippen LogP contribution in [0.25, 0.3) is 0 Å². The molecule has 0 aliphatic carbocycles. The molecule has 0 fully saturated rings. The first-order valence-corrected chi connectivity index (χ1v) is 5.13. The molecule has 0 bridgehead atoms. The van der Waals surface area contributed by atoms with E-state index < -0.39 is 0 Å². The molecule has 0 N–H and O–H groups in total. The van der Waals surface area contributed by atoms with Crippen LogP contribution in [0.3, 0.4) is 0 Å². The third-order valence-corrected chi connectivity index (χ3v) is 3.17. The molecule has 0 aromatic heterocycles. The number of hydrogen-bond acceptors (Lipinski definition) is 2. The number of hydrogen-bond donors (Lipinski definition) is 0. The molecule has 0 heterocycles. The zero-order chi connectivity index (χ0) is 10.7. The summed E-state index contributed by atoms with van der Waals surface area (Å²) in [5.74, 6) is 0.0674. The minimum Gasteiger partial charge on any atom is -0.298 e. The van der Waals surface area contributed by atoms with Gasteiger partial charge in [-0.3, -0.25) is 4.79 Å². The molecule has 0 saturated carbocycles. The van der Waals surface area contributed by atoms with Crippen LogP contribution < -0.4 is 0 Å². The van der Waals surface area contributed by atoms with E-state index in [0.717, 1.165) is 11.1 Å². The Bertz CT molecular complexity index is 406. The van der Waals surface area contributed by atoms with Crippen molar-refractivity contribution in [2.45, 2.75) is 18.7 Å². The average Bonchev–Trinajstić information content (AvgIpc) is 2.16. The molecule has 0 spiro atoms. The van der Waals surface area contributed by atoms with Gasteiger partial charge in [-0.1, -0.05) is 22.0 Å². The second-order valence-electron chi connectivity index (χ2n) is 3.16. The van der Waals surface area contributed by atoms with Gasteiger partial charge < -0.3 is 0 Å². The van der Waals surface area contributed by atoms with Gasteiger partial charge in [-0.15, -0.1) is 0 Å². The predicted molar refractivity (Wildman–Crippen MR) is 58.2 cm³/mol. The first-order chi connectivity index (χ1) is 6.56. The number of alkyl halides is 1. The van der Waals surface area contributed by atoms with Crippen molar-refractivity contribution < 1.29 is 4.79 Å². The Morgan fingerprint density at radius 3 is 2.64 bits per heavy atom. The van der Waals surface area contributed by atoms with Crippen molar-refractivity contribution in [1.29, 1.82) is 5.26 Å². The smallest absolute Gasteiger partial charge is 0.147 e. The quantitative estimate of drug-likeness (QED) is 0.759. The third kappa shape index (κ3) is 2.21. The van der Waals surface area contributed by atoms with Crippen molar-refractivity contribution in [2.75, 3.05) is 0 Å². The van der Waals surface area contributed by atoms with Gasteiger partial charge in [0.15, 0.2) is 0 Å². The molecule has 0 radical (unpaired) electrons. The van der Waals surface area contributed by atoms with Crippen LogP contribution in [0.15, 0.2) is 18.2 Å². The van der Waals surface area contributed by atoms with Crippen LogP contribution in [-0.2, 0) is 4.79 Å². The zero-order valence-electron chi connectivity index (χ0n) is 8.04. The standard InChI is InChI=1S/C11H10BrNO/c1-7-5-9(6-13)3-4-10(7)11(12)8(2)14/h3-5,11H,1-2H3. The van der Waals surface area contributed by atoms with Crippen LogP contribution in [-0.4, -0.2) is 5.78 Å². The van der Waals surface area contributed by atoms with E-state index in [0.29, 0.717) is 5.56 Å². The Balaban J connectivity index is 3.13. The van der Waals surface area contributed by atoms with Gasteiger partial charge in [-0.2, -0.15) is 5.26 Å². The predicted octanol–water partition coefficient (Wildman–Crippen LogP) is 2.89. The molecule has 1 rings (SSSR count). The van der Waals surface area contributed by atoms with E-state index in [1.54, 1.807) is 12.1 Å².